The van der Waals surface area contributed by atoms with Gasteiger partial charge in [-0.15, -0.1) is 0 Å². The predicted octanol–water partition coefficient (Wildman–Crippen LogP) is 4.85. The summed E-state index contributed by atoms with van der Waals surface area (Å²) in [5.41, 5.74) is 2.21. The van der Waals surface area contributed by atoms with Crippen LogP contribution in [0, 0.1) is 0 Å². The highest BCUT2D eigenvalue weighted by molar-refractivity contribution is 6.25. The molecule has 2 aromatic rings. The van der Waals surface area contributed by atoms with E-state index in [9.17, 15) is 0 Å². The molecule has 1 aliphatic heterocycles. The Morgan fingerprint density at radius 3 is 2.12 bits per heavy atom. The second kappa shape index (κ2) is 5.77. The van der Waals surface area contributed by atoms with Gasteiger partial charge in [-0.05, 0) is 12.2 Å². The molecule has 1 aliphatic rings. The minimum atomic E-state index is -1.08. The molecule has 1 N–H and O–H groups in total. The summed E-state index contributed by atoms with van der Waals surface area (Å²) in [5.74, 6) is 0.880. The summed E-state index contributed by atoms with van der Waals surface area (Å²) in [6.07, 6.45) is 8.84. The number of allylic oxidation sites excluding steroid dienone is 2. The van der Waals surface area contributed by atoms with E-state index in [1.54, 1.807) is 18.6 Å². The van der Waals surface area contributed by atoms with E-state index in [1.165, 1.54) is 0 Å². The summed E-state index contributed by atoms with van der Waals surface area (Å²) in [6.45, 7) is 12.5. The Morgan fingerprint density at radius 2 is 1.56 bits per heavy atom. The molecule has 0 aromatic carbocycles. The number of dihydropyridines is 1. The first-order chi connectivity index (χ1) is 11.5. The first-order valence-corrected chi connectivity index (χ1v) is 8.66. The van der Waals surface area contributed by atoms with Gasteiger partial charge in [0.25, 0.3) is 0 Å². The van der Waals surface area contributed by atoms with Crippen LogP contribution >= 0.6 is 11.6 Å². The number of halogens is 1. The van der Waals surface area contributed by atoms with Gasteiger partial charge in [-0.2, -0.15) is 0 Å². The van der Waals surface area contributed by atoms with Gasteiger partial charge in [0.15, 0.2) is 0 Å². The van der Waals surface area contributed by atoms with Crippen molar-refractivity contribution in [3.05, 3.63) is 53.9 Å². The lowest BCUT2D eigenvalue weighted by molar-refractivity contribution is 0.429. The zero-order valence-corrected chi connectivity index (χ0v) is 16.2. The molecule has 0 saturated heterocycles. The van der Waals surface area contributed by atoms with E-state index in [2.05, 4.69) is 56.8 Å². The molecule has 1 unspecified atom stereocenters. The molecular formula is C19H24ClN3O2. The fourth-order valence-electron chi connectivity index (χ4n) is 2.33. The Kier molecular flexibility index (Phi) is 4.11. The van der Waals surface area contributed by atoms with E-state index in [1.807, 2.05) is 12.2 Å². The second-order valence-corrected chi connectivity index (χ2v) is 8.95. The van der Waals surface area contributed by atoms with Crippen molar-refractivity contribution in [3.8, 4) is 0 Å². The Labute approximate surface area is 153 Å². The maximum atomic E-state index is 6.74. The van der Waals surface area contributed by atoms with E-state index in [-0.39, 0.29) is 10.8 Å². The third-order valence-electron chi connectivity index (χ3n) is 3.99. The smallest absolute Gasteiger partial charge is 0.242 e. The van der Waals surface area contributed by atoms with Gasteiger partial charge in [-0.1, -0.05) is 59.2 Å². The van der Waals surface area contributed by atoms with Gasteiger partial charge in [0.2, 0.25) is 16.8 Å². The lowest BCUT2D eigenvalue weighted by Gasteiger charge is -2.26. The first kappa shape index (κ1) is 17.8. The van der Waals surface area contributed by atoms with E-state index in [4.69, 9.17) is 20.4 Å². The van der Waals surface area contributed by atoms with Crippen LogP contribution in [0.1, 0.15) is 64.7 Å². The van der Waals surface area contributed by atoms with Crippen LogP contribution in [0.3, 0.4) is 0 Å². The summed E-state index contributed by atoms with van der Waals surface area (Å²) in [5, 5.41) is 3.22. The standard InChI is InChI=1S/C19H24ClN3O2/c1-17(2,3)13-10-24-15(21-13)12-8-7-9-19(20,23-12)16-22-14(11-25-16)18(4,5)6/h7-11,23H,1-6H3. The Hall–Kier alpha value is -2.01. The average molecular weight is 362 g/mol. The van der Waals surface area contributed by atoms with Crippen LogP contribution in [-0.4, -0.2) is 9.97 Å². The van der Waals surface area contributed by atoms with Crippen molar-refractivity contribution in [1.29, 1.82) is 0 Å². The van der Waals surface area contributed by atoms with Gasteiger partial charge >= 0.3 is 0 Å². The van der Waals surface area contributed by atoms with E-state index in [0.717, 1.165) is 11.4 Å². The zero-order chi connectivity index (χ0) is 18.5. The van der Waals surface area contributed by atoms with Gasteiger partial charge < -0.3 is 14.2 Å². The van der Waals surface area contributed by atoms with Crippen molar-refractivity contribution in [3.63, 3.8) is 0 Å². The molecule has 1 atom stereocenters. The lowest BCUT2D eigenvalue weighted by atomic mass is 9.93. The van der Waals surface area contributed by atoms with Crippen molar-refractivity contribution in [2.75, 3.05) is 0 Å². The second-order valence-electron chi connectivity index (χ2n) is 8.35. The quantitative estimate of drug-likeness (QED) is 0.611. The summed E-state index contributed by atoms with van der Waals surface area (Å²) in [7, 11) is 0. The number of hydrogen-bond donors (Lipinski definition) is 1. The molecule has 0 amide bonds. The summed E-state index contributed by atoms with van der Waals surface area (Å²) in [4.78, 5) is 8.05. The zero-order valence-electron chi connectivity index (χ0n) is 15.5. The number of nitrogens with zero attached hydrogens (tertiary/aromatic N) is 2. The molecule has 0 saturated carbocycles. The van der Waals surface area contributed by atoms with Crippen LogP contribution in [0.4, 0.5) is 0 Å². The van der Waals surface area contributed by atoms with E-state index in [0.29, 0.717) is 17.5 Å². The van der Waals surface area contributed by atoms with Crippen LogP contribution < -0.4 is 5.32 Å². The molecular weight excluding hydrogens is 338 g/mol. The Balaban J connectivity index is 1.88. The van der Waals surface area contributed by atoms with E-state index < -0.39 is 5.00 Å². The molecule has 0 spiro atoms. The molecule has 3 rings (SSSR count). The number of rotatable bonds is 2. The maximum Gasteiger partial charge on any atom is 0.242 e. The number of alkyl halides is 1. The summed E-state index contributed by atoms with van der Waals surface area (Å²) < 4.78 is 11.3. The molecule has 3 heterocycles. The third kappa shape index (κ3) is 3.52. The Morgan fingerprint density at radius 1 is 0.960 bits per heavy atom. The predicted molar refractivity (Wildman–Crippen MR) is 98.2 cm³/mol. The van der Waals surface area contributed by atoms with Crippen LogP contribution in [0.2, 0.25) is 0 Å². The number of aromatic nitrogens is 2. The highest BCUT2D eigenvalue weighted by Crippen LogP contribution is 2.35. The SMILES string of the molecule is CC(C)(C)c1coc(C2=CC=CC(Cl)(c3nc(C(C)(C)C)co3)N2)n1. The minimum Gasteiger partial charge on any atom is -0.445 e. The topological polar surface area (TPSA) is 64.1 Å². The molecule has 0 radical (unpaired) electrons. The number of hydrogen-bond acceptors (Lipinski definition) is 5. The summed E-state index contributed by atoms with van der Waals surface area (Å²) >= 11 is 6.74. The fourth-order valence-corrected chi connectivity index (χ4v) is 2.59. The van der Waals surface area contributed by atoms with Crippen LogP contribution in [0.15, 0.2) is 39.6 Å². The first-order valence-electron chi connectivity index (χ1n) is 8.28. The van der Waals surface area contributed by atoms with Crippen molar-refractivity contribution in [1.82, 2.24) is 15.3 Å². The monoisotopic (exact) mass is 361 g/mol. The molecule has 2 aromatic heterocycles. The van der Waals surface area contributed by atoms with Gasteiger partial charge in [-0.3, -0.25) is 0 Å². The molecule has 6 heteroatoms. The summed E-state index contributed by atoms with van der Waals surface area (Å²) in [6, 6.07) is 0. The number of nitrogens with one attached hydrogen (secondary N) is 1. The average Bonchev–Trinajstić information content (AvgIpc) is 3.16. The van der Waals surface area contributed by atoms with Gasteiger partial charge in [0.05, 0.1) is 17.1 Å². The molecule has 0 aliphatic carbocycles. The van der Waals surface area contributed by atoms with Crippen LogP contribution in [-0.2, 0) is 15.8 Å². The van der Waals surface area contributed by atoms with Crippen molar-refractivity contribution in [2.24, 2.45) is 0 Å². The van der Waals surface area contributed by atoms with Crippen molar-refractivity contribution in [2.45, 2.75) is 57.4 Å². The van der Waals surface area contributed by atoms with Crippen LogP contribution in [0.5, 0.6) is 0 Å². The normalized spacial score (nSPS) is 21.2. The largest absolute Gasteiger partial charge is 0.445 e. The van der Waals surface area contributed by atoms with Crippen molar-refractivity contribution >= 4 is 17.3 Å². The van der Waals surface area contributed by atoms with E-state index >= 15 is 0 Å². The highest BCUT2D eigenvalue weighted by atomic mass is 35.5. The van der Waals surface area contributed by atoms with Crippen LogP contribution in [0.25, 0.3) is 5.70 Å². The van der Waals surface area contributed by atoms with Gasteiger partial charge in [0.1, 0.15) is 12.5 Å². The maximum absolute atomic E-state index is 6.74. The highest BCUT2D eigenvalue weighted by Gasteiger charge is 2.37. The molecule has 25 heavy (non-hydrogen) atoms. The van der Waals surface area contributed by atoms with Gasteiger partial charge in [-0.25, -0.2) is 9.97 Å². The number of oxazole rings is 2. The molecule has 134 valence electrons. The van der Waals surface area contributed by atoms with Crippen molar-refractivity contribution < 1.29 is 8.83 Å². The van der Waals surface area contributed by atoms with Gasteiger partial charge in [0, 0.05) is 10.8 Å². The fraction of sp³-hybridized carbons (Fsp3) is 0.474. The molecule has 0 fully saturated rings. The molecule has 0 bridgehead atoms. The third-order valence-corrected chi connectivity index (χ3v) is 4.37. The molecule has 5 nitrogen and oxygen atoms in total. The lowest BCUT2D eigenvalue weighted by Crippen LogP contribution is -2.36. The minimum absolute atomic E-state index is 0.0882. The Bertz CT molecular complexity index is 833.